The van der Waals surface area contributed by atoms with Crippen molar-refractivity contribution in [2.75, 3.05) is 11.9 Å². The van der Waals surface area contributed by atoms with Gasteiger partial charge in [-0.05, 0) is 31.2 Å². The standard InChI is InChI=1S/C19H17N3O3/c1-2-25-17-13-16(23)18(19(24)20-14-9-5-3-6-10-14)21-22(17)15-11-7-4-8-12-15/h3-13H,2H2,1H3,(H,20,24). The van der Waals surface area contributed by atoms with E-state index in [1.54, 1.807) is 24.3 Å². The Morgan fingerprint density at radius 2 is 1.72 bits per heavy atom. The fourth-order valence-electron chi connectivity index (χ4n) is 2.31. The van der Waals surface area contributed by atoms with E-state index in [0.717, 1.165) is 0 Å². The number of carbonyl (C=O) groups excluding carboxylic acids is 1. The molecule has 2 aromatic carbocycles. The van der Waals surface area contributed by atoms with Crippen LogP contribution >= 0.6 is 0 Å². The molecule has 1 aromatic heterocycles. The molecule has 0 spiro atoms. The molecule has 0 fully saturated rings. The Balaban J connectivity index is 2.02. The second-order valence-electron chi connectivity index (χ2n) is 5.20. The van der Waals surface area contributed by atoms with Crippen molar-refractivity contribution in [1.29, 1.82) is 0 Å². The van der Waals surface area contributed by atoms with E-state index in [-0.39, 0.29) is 11.6 Å². The Bertz CT molecular complexity index is 922. The lowest BCUT2D eigenvalue weighted by Crippen LogP contribution is -2.26. The lowest BCUT2D eigenvalue weighted by atomic mass is 10.3. The molecule has 0 saturated carbocycles. The number of hydrogen-bond acceptors (Lipinski definition) is 4. The summed E-state index contributed by atoms with van der Waals surface area (Å²) in [5.74, 6) is -0.279. The Morgan fingerprint density at radius 1 is 1.08 bits per heavy atom. The molecule has 0 atom stereocenters. The fourth-order valence-corrected chi connectivity index (χ4v) is 2.31. The van der Waals surface area contributed by atoms with E-state index in [0.29, 0.717) is 18.0 Å². The Labute approximate surface area is 144 Å². The molecule has 1 N–H and O–H groups in total. The van der Waals surface area contributed by atoms with Crippen LogP contribution in [0.1, 0.15) is 17.4 Å². The molecule has 6 heteroatoms. The molecule has 3 rings (SSSR count). The third-order valence-electron chi connectivity index (χ3n) is 3.44. The monoisotopic (exact) mass is 335 g/mol. The van der Waals surface area contributed by atoms with Crippen LogP contribution in [0.2, 0.25) is 0 Å². The summed E-state index contributed by atoms with van der Waals surface area (Å²) in [7, 11) is 0. The average molecular weight is 335 g/mol. The molecule has 3 aromatic rings. The van der Waals surface area contributed by atoms with Crippen molar-refractivity contribution in [1.82, 2.24) is 9.78 Å². The zero-order valence-electron chi connectivity index (χ0n) is 13.7. The lowest BCUT2D eigenvalue weighted by molar-refractivity contribution is 0.101. The van der Waals surface area contributed by atoms with Gasteiger partial charge in [-0.15, -0.1) is 0 Å². The number of ether oxygens (including phenoxy) is 1. The minimum atomic E-state index is -0.566. The van der Waals surface area contributed by atoms with Crippen LogP contribution < -0.4 is 15.5 Å². The SMILES string of the molecule is CCOc1cc(=O)c(C(=O)Nc2ccccc2)nn1-c1ccccc1. The molecule has 0 aliphatic carbocycles. The van der Waals surface area contributed by atoms with Gasteiger partial charge in [0.25, 0.3) is 5.91 Å². The van der Waals surface area contributed by atoms with Crippen LogP contribution in [0.25, 0.3) is 5.69 Å². The van der Waals surface area contributed by atoms with Gasteiger partial charge in [-0.1, -0.05) is 36.4 Å². The molecule has 0 saturated heterocycles. The Kier molecular flexibility index (Phi) is 4.89. The van der Waals surface area contributed by atoms with Crippen molar-refractivity contribution in [3.8, 4) is 11.6 Å². The maximum absolute atomic E-state index is 12.5. The summed E-state index contributed by atoms with van der Waals surface area (Å²) in [6, 6.07) is 19.4. The first-order chi connectivity index (χ1) is 12.2. The van der Waals surface area contributed by atoms with Gasteiger partial charge in [0, 0.05) is 5.69 Å². The first kappa shape index (κ1) is 16.4. The highest BCUT2D eigenvalue weighted by Gasteiger charge is 2.17. The van der Waals surface area contributed by atoms with Gasteiger partial charge in [0.2, 0.25) is 11.3 Å². The van der Waals surface area contributed by atoms with Gasteiger partial charge in [-0.3, -0.25) is 9.59 Å². The predicted octanol–water partition coefficient (Wildman–Crippen LogP) is 2.88. The van der Waals surface area contributed by atoms with Gasteiger partial charge < -0.3 is 10.1 Å². The highest BCUT2D eigenvalue weighted by molar-refractivity contribution is 6.02. The van der Waals surface area contributed by atoms with Crippen molar-refractivity contribution in [3.63, 3.8) is 0 Å². The van der Waals surface area contributed by atoms with Gasteiger partial charge in [0.05, 0.1) is 18.4 Å². The fraction of sp³-hybridized carbons (Fsp3) is 0.105. The van der Waals surface area contributed by atoms with Gasteiger partial charge in [-0.2, -0.15) is 5.10 Å². The molecular formula is C19H17N3O3. The Morgan fingerprint density at radius 3 is 2.36 bits per heavy atom. The molecular weight excluding hydrogens is 318 g/mol. The van der Waals surface area contributed by atoms with E-state index >= 15 is 0 Å². The summed E-state index contributed by atoms with van der Waals surface area (Å²) >= 11 is 0. The molecule has 0 aliphatic heterocycles. The molecule has 6 nitrogen and oxygen atoms in total. The highest BCUT2D eigenvalue weighted by atomic mass is 16.5. The molecule has 0 bridgehead atoms. The normalized spacial score (nSPS) is 10.3. The molecule has 0 unspecified atom stereocenters. The van der Waals surface area contributed by atoms with Crippen LogP contribution in [-0.4, -0.2) is 22.3 Å². The number of rotatable bonds is 5. The Hall–Kier alpha value is -3.41. The number of para-hydroxylation sites is 2. The largest absolute Gasteiger partial charge is 0.478 e. The zero-order valence-corrected chi connectivity index (χ0v) is 13.7. The first-order valence-corrected chi connectivity index (χ1v) is 7.88. The molecule has 0 radical (unpaired) electrons. The van der Waals surface area contributed by atoms with Gasteiger partial charge in [-0.25, -0.2) is 4.68 Å². The number of anilines is 1. The zero-order chi connectivity index (χ0) is 17.6. The third kappa shape index (κ3) is 3.74. The smallest absolute Gasteiger partial charge is 0.280 e. The van der Waals surface area contributed by atoms with E-state index in [1.807, 2.05) is 43.3 Å². The molecule has 25 heavy (non-hydrogen) atoms. The van der Waals surface area contributed by atoms with E-state index in [9.17, 15) is 9.59 Å². The van der Waals surface area contributed by atoms with Crippen molar-refractivity contribution < 1.29 is 9.53 Å². The summed E-state index contributed by atoms with van der Waals surface area (Å²) in [5, 5.41) is 6.90. The summed E-state index contributed by atoms with van der Waals surface area (Å²) in [6.45, 7) is 2.19. The van der Waals surface area contributed by atoms with E-state index < -0.39 is 11.3 Å². The minimum absolute atomic E-state index is 0.198. The summed E-state index contributed by atoms with van der Waals surface area (Å²) in [6.07, 6.45) is 0. The van der Waals surface area contributed by atoms with Crippen molar-refractivity contribution >= 4 is 11.6 Å². The second kappa shape index (κ2) is 7.44. The van der Waals surface area contributed by atoms with Crippen LogP contribution in [0.3, 0.4) is 0 Å². The van der Waals surface area contributed by atoms with Crippen molar-refractivity contribution in [2.24, 2.45) is 0 Å². The van der Waals surface area contributed by atoms with Gasteiger partial charge >= 0.3 is 0 Å². The van der Waals surface area contributed by atoms with Crippen LogP contribution in [-0.2, 0) is 0 Å². The number of benzene rings is 2. The molecule has 126 valence electrons. The molecule has 1 amide bonds. The van der Waals surface area contributed by atoms with Crippen molar-refractivity contribution in [3.05, 3.63) is 82.6 Å². The highest BCUT2D eigenvalue weighted by Crippen LogP contribution is 2.15. The molecule has 0 aliphatic rings. The lowest BCUT2D eigenvalue weighted by Gasteiger charge is -2.13. The number of amides is 1. The van der Waals surface area contributed by atoms with Crippen LogP contribution in [0.5, 0.6) is 5.88 Å². The van der Waals surface area contributed by atoms with Gasteiger partial charge in [0.15, 0.2) is 5.69 Å². The summed E-state index contributed by atoms with van der Waals surface area (Å²) < 4.78 is 6.94. The predicted molar refractivity (Wildman–Crippen MR) is 95.4 cm³/mol. The maximum Gasteiger partial charge on any atom is 0.280 e. The van der Waals surface area contributed by atoms with E-state index in [1.165, 1.54) is 10.7 Å². The topological polar surface area (TPSA) is 73.2 Å². The first-order valence-electron chi connectivity index (χ1n) is 7.88. The number of nitrogens with zero attached hydrogens (tertiary/aromatic N) is 2. The van der Waals surface area contributed by atoms with Crippen molar-refractivity contribution in [2.45, 2.75) is 6.92 Å². The number of aromatic nitrogens is 2. The number of hydrogen-bond donors (Lipinski definition) is 1. The number of nitrogens with one attached hydrogen (secondary N) is 1. The minimum Gasteiger partial charge on any atom is -0.478 e. The van der Waals surface area contributed by atoms with E-state index in [4.69, 9.17) is 4.74 Å². The number of carbonyl (C=O) groups is 1. The maximum atomic E-state index is 12.5. The summed E-state index contributed by atoms with van der Waals surface area (Å²) in [4.78, 5) is 24.8. The second-order valence-corrected chi connectivity index (χ2v) is 5.20. The summed E-state index contributed by atoms with van der Waals surface area (Å²) in [5.41, 5.74) is 0.591. The van der Waals surface area contributed by atoms with Gasteiger partial charge in [0.1, 0.15) is 0 Å². The average Bonchev–Trinajstić information content (AvgIpc) is 2.63. The third-order valence-corrected chi connectivity index (χ3v) is 3.44. The van der Waals surface area contributed by atoms with E-state index in [2.05, 4.69) is 10.4 Å². The van der Waals surface area contributed by atoms with Crippen LogP contribution in [0.4, 0.5) is 5.69 Å². The quantitative estimate of drug-likeness (QED) is 0.778. The van der Waals surface area contributed by atoms with Crippen LogP contribution in [0, 0.1) is 0 Å². The van der Waals surface area contributed by atoms with Crippen LogP contribution in [0.15, 0.2) is 71.5 Å². The molecule has 1 heterocycles.